The van der Waals surface area contributed by atoms with Crippen LogP contribution < -0.4 is 11.1 Å². The Kier molecular flexibility index (Phi) is 4.16. The fraction of sp³-hybridized carbons (Fsp3) is 0.333. The molecule has 0 saturated carbocycles. The van der Waals surface area contributed by atoms with E-state index in [1.54, 1.807) is 26.2 Å². The first kappa shape index (κ1) is 14.9. The van der Waals surface area contributed by atoms with Crippen molar-refractivity contribution in [2.45, 2.75) is 13.5 Å². The summed E-state index contributed by atoms with van der Waals surface area (Å²) in [6, 6.07) is 5.30. The number of carbonyl (C=O) groups excluding carboxylic acids is 1. The lowest BCUT2D eigenvalue weighted by Crippen LogP contribution is -2.21. The maximum absolute atomic E-state index is 11.9. The second-order valence-corrected chi connectivity index (χ2v) is 5.23. The second-order valence-electron chi connectivity index (χ2n) is 5.23. The first-order valence-corrected chi connectivity index (χ1v) is 6.72. The highest BCUT2D eigenvalue weighted by atomic mass is 16.2. The van der Waals surface area contributed by atoms with Crippen LogP contribution in [0.5, 0.6) is 0 Å². The van der Waals surface area contributed by atoms with Crippen LogP contribution in [0.25, 0.3) is 0 Å². The van der Waals surface area contributed by atoms with E-state index in [0.29, 0.717) is 17.8 Å². The summed E-state index contributed by atoms with van der Waals surface area (Å²) in [6.45, 7) is 2.66. The number of hydrogen-bond acceptors (Lipinski definition) is 4. The van der Waals surface area contributed by atoms with Crippen LogP contribution in [0.15, 0.2) is 24.4 Å². The summed E-state index contributed by atoms with van der Waals surface area (Å²) >= 11 is 0. The predicted molar refractivity (Wildman–Crippen MR) is 84.1 cm³/mol. The smallest absolute Gasteiger partial charge is 0.253 e. The maximum atomic E-state index is 11.9. The number of aromatic nitrogens is 2. The van der Waals surface area contributed by atoms with Gasteiger partial charge in [-0.1, -0.05) is 0 Å². The van der Waals surface area contributed by atoms with Crippen molar-refractivity contribution in [1.82, 2.24) is 14.7 Å². The molecule has 0 radical (unpaired) electrons. The van der Waals surface area contributed by atoms with Crippen molar-refractivity contribution in [3.63, 3.8) is 0 Å². The van der Waals surface area contributed by atoms with Crippen molar-refractivity contribution in [1.29, 1.82) is 0 Å². The Morgan fingerprint density at radius 2 is 2.14 bits per heavy atom. The van der Waals surface area contributed by atoms with Gasteiger partial charge in [0, 0.05) is 44.5 Å². The first-order valence-electron chi connectivity index (χ1n) is 6.72. The molecule has 2 aromatic rings. The molecule has 2 rings (SSSR count). The number of nitrogens with one attached hydrogen (secondary N) is 1. The van der Waals surface area contributed by atoms with Crippen molar-refractivity contribution >= 4 is 17.3 Å². The van der Waals surface area contributed by atoms with Gasteiger partial charge in [-0.2, -0.15) is 5.10 Å². The van der Waals surface area contributed by atoms with E-state index in [0.717, 1.165) is 16.9 Å². The third-order valence-electron chi connectivity index (χ3n) is 3.51. The van der Waals surface area contributed by atoms with Gasteiger partial charge in [0.25, 0.3) is 5.91 Å². The van der Waals surface area contributed by atoms with Gasteiger partial charge in [-0.15, -0.1) is 0 Å². The zero-order chi connectivity index (χ0) is 15.6. The highest BCUT2D eigenvalue weighted by Crippen LogP contribution is 2.21. The number of hydrogen-bond donors (Lipinski definition) is 2. The third-order valence-corrected chi connectivity index (χ3v) is 3.51. The summed E-state index contributed by atoms with van der Waals surface area (Å²) in [7, 11) is 5.35. The Hall–Kier alpha value is -2.50. The molecule has 3 N–H and O–H groups in total. The van der Waals surface area contributed by atoms with Gasteiger partial charge in [0.15, 0.2) is 0 Å². The molecule has 1 heterocycles. The molecule has 0 aliphatic heterocycles. The summed E-state index contributed by atoms with van der Waals surface area (Å²) < 4.78 is 1.83. The summed E-state index contributed by atoms with van der Waals surface area (Å²) in [4.78, 5) is 13.4. The quantitative estimate of drug-likeness (QED) is 0.838. The molecule has 21 heavy (non-hydrogen) atoms. The van der Waals surface area contributed by atoms with Crippen molar-refractivity contribution in [2.75, 3.05) is 25.1 Å². The van der Waals surface area contributed by atoms with Crippen molar-refractivity contribution in [3.8, 4) is 0 Å². The summed E-state index contributed by atoms with van der Waals surface area (Å²) in [5, 5.41) is 7.48. The minimum Gasteiger partial charge on any atom is -0.397 e. The van der Waals surface area contributed by atoms with Gasteiger partial charge >= 0.3 is 0 Å². The van der Waals surface area contributed by atoms with Gasteiger partial charge in [-0.05, 0) is 25.1 Å². The number of carbonyl (C=O) groups is 1. The van der Waals surface area contributed by atoms with Gasteiger partial charge in [-0.25, -0.2) is 0 Å². The molecule has 0 fully saturated rings. The van der Waals surface area contributed by atoms with E-state index in [1.165, 1.54) is 4.90 Å². The number of rotatable bonds is 4. The van der Waals surface area contributed by atoms with E-state index in [4.69, 9.17) is 5.73 Å². The molecule has 0 unspecified atom stereocenters. The molecule has 0 spiro atoms. The van der Waals surface area contributed by atoms with Crippen LogP contribution in [-0.4, -0.2) is 34.7 Å². The molecule has 0 atom stereocenters. The average molecular weight is 287 g/mol. The number of amides is 1. The SMILES string of the molecule is Cc1c(CNc2ccc(C(=O)N(C)C)cc2N)cnn1C. The number of benzene rings is 1. The van der Waals surface area contributed by atoms with E-state index in [2.05, 4.69) is 10.4 Å². The number of anilines is 2. The summed E-state index contributed by atoms with van der Waals surface area (Å²) in [6.07, 6.45) is 1.84. The third kappa shape index (κ3) is 3.16. The molecule has 1 aromatic carbocycles. The number of nitrogens with zero attached hydrogens (tertiary/aromatic N) is 3. The average Bonchev–Trinajstić information content (AvgIpc) is 2.76. The molecule has 0 aliphatic rings. The maximum Gasteiger partial charge on any atom is 0.253 e. The molecule has 0 aliphatic carbocycles. The van der Waals surface area contributed by atoms with Gasteiger partial charge in [0.2, 0.25) is 0 Å². The Balaban J connectivity index is 2.11. The normalized spacial score (nSPS) is 10.5. The van der Waals surface area contributed by atoms with Crippen molar-refractivity contribution in [3.05, 3.63) is 41.2 Å². The molecule has 112 valence electrons. The molecule has 6 nitrogen and oxygen atoms in total. The highest BCUT2D eigenvalue weighted by molar-refractivity contribution is 5.95. The van der Waals surface area contributed by atoms with Crippen LogP contribution in [0.3, 0.4) is 0 Å². The largest absolute Gasteiger partial charge is 0.397 e. The van der Waals surface area contributed by atoms with E-state index in [1.807, 2.05) is 30.9 Å². The lowest BCUT2D eigenvalue weighted by molar-refractivity contribution is 0.0827. The molecule has 6 heteroatoms. The molecule has 0 bridgehead atoms. The highest BCUT2D eigenvalue weighted by Gasteiger charge is 2.10. The monoisotopic (exact) mass is 287 g/mol. The molecular weight excluding hydrogens is 266 g/mol. The minimum absolute atomic E-state index is 0.0589. The Labute approximate surface area is 124 Å². The zero-order valence-electron chi connectivity index (χ0n) is 12.8. The number of aryl methyl sites for hydroxylation is 1. The topological polar surface area (TPSA) is 76.2 Å². The molecular formula is C15H21N5O. The van der Waals surface area contributed by atoms with Crippen molar-refractivity contribution in [2.24, 2.45) is 7.05 Å². The minimum atomic E-state index is -0.0589. The van der Waals surface area contributed by atoms with Gasteiger partial charge in [-0.3, -0.25) is 9.48 Å². The van der Waals surface area contributed by atoms with E-state index < -0.39 is 0 Å². The lowest BCUT2D eigenvalue weighted by Gasteiger charge is -2.13. The van der Waals surface area contributed by atoms with Crippen LogP contribution in [0, 0.1) is 6.92 Å². The van der Waals surface area contributed by atoms with Gasteiger partial charge in [0.1, 0.15) is 0 Å². The fourth-order valence-electron chi connectivity index (χ4n) is 2.02. The van der Waals surface area contributed by atoms with E-state index in [9.17, 15) is 4.79 Å². The van der Waals surface area contributed by atoms with Crippen LogP contribution in [-0.2, 0) is 13.6 Å². The van der Waals surface area contributed by atoms with E-state index >= 15 is 0 Å². The summed E-state index contributed by atoms with van der Waals surface area (Å²) in [5.74, 6) is -0.0589. The Morgan fingerprint density at radius 3 is 2.67 bits per heavy atom. The Bertz CT molecular complexity index is 660. The lowest BCUT2D eigenvalue weighted by atomic mass is 10.1. The number of nitrogen functional groups attached to an aromatic ring is 1. The van der Waals surface area contributed by atoms with Crippen LogP contribution in [0.2, 0.25) is 0 Å². The molecule has 1 aromatic heterocycles. The van der Waals surface area contributed by atoms with Gasteiger partial charge < -0.3 is 16.0 Å². The van der Waals surface area contributed by atoms with Crippen LogP contribution in [0.1, 0.15) is 21.6 Å². The predicted octanol–water partition coefficient (Wildman–Crippen LogP) is 1.62. The molecule has 0 saturated heterocycles. The van der Waals surface area contributed by atoms with Gasteiger partial charge in [0.05, 0.1) is 17.6 Å². The second kappa shape index (κ2) is 5.87. The Morgan fingerprint density at radius 1 is 1.43 bits per heavy atom. The van der Waals surface area contributed by atoms with Crippen LogP contribution in [0.4, 0.5) is 11.4 Å². The van der Waals surface area contributed by atoms with E-state index in [-0.39, 0.29) is 5.91 Å². The van der Waals surface area contributed by atoms with Crippen molar-refractivity contribution < 1.29 is 4.79 Å². The first-order chi connectivity index (χ1) is 9.90. The standard InChI is InChI=1S/C15H21N5O/c1-10-12(9-18-20(10)4)8-17-14-6-5-11(7-13(14)16)15(21)19(2)3/h5-7,9,17H,8,16H2,1-4H3. The number of nitrogens with two attached hydrogens (primary N) is 1. The van der Waals surface area contributed by atoms with Crippen LogP contribution >= 0.6 is 0 Å². The molecule has 1 amide bonds. The fourth-order valence-corrected chi connectivity index (χ4v) is 2.02. The summed E-state index contributed by atoms with van der Waals surface area (Å²) in [5.41, 5.74) is 10.2. The zero-order valence-corrected chi connectivity index (χ0v) is 12.8.